The summed E-state index contributed by atoms with van der Waals surface area (Å²) in [5.74, 6) is 0. The molecule has 0 aliphatic heterocycles. The normalized spacial score (nSPS) is 13.0. The fourth-order valence-corrected chi connectivity index (χ4v) is 2.19. The lowest BCUT2D eigenvalue weighted by Gasteiger charge is -2.01. The van der Waals surface area contributed by atoms with Gasteiger partial charge in [0.25, 0.3) is 0 Å². The van der Waals surface area contributed by atoms with Crippen molar-refractivity contribution in [1.82, 2.24) is 0 Å². The molecule has 0 amide bonds. The van der Waals surface area contributed by atoms with Crippen LogP contribution >= 0.6 is 27.3 Å². The zero-order valence-electron chi connectivity index (χ0n) is 5.25. The first-order valence-corrected chi connectivity index (χ1v) is 4.51. The van der Waals surface area contributed by atoms with Crippen molar-refractivity contribution < 1.29 is 5.11 Å². The zero-order valence-corrected chi connectivity index (χ0v) is 7.65. The highest BCUT2D eigenvalue weighted by atomic mass is 79.9. The predicted octanol–water partition coefficient (Wildman–Crippen LogP) is 2.73. The molecule has 1 nitrogen and oxygen atoms in total. The van der Waals surface area contributed by atoms with Crippen molar-refractivity contribution in [3.05, 3.63) is 33.5 Å². The van der Waals surface area contributed by atoms with E-state index in [2.05, 4.69) is 22.5 Å². The van der Waals surface area contributed by atoms with Crippen LogP contribution in [0.4, 0.5) is 0 Å². The van der Waals surface area contributed by atoms with Gasteiger partial charge in [0.15, 0.2) is 0 Å². The molecular formula is C7H7BrOS. The van der Waals surface area contributed by atoms with E-state index in [1.807, 2.05) is 10.8 Å². The van der Waals surface area contributed by atoms with Crippen LogP contribution in [-0.2, 0) is 0 Å². The fraction of sp³-hybridized carbons (Fsp3) is 0.143. The number of hydrogen-bond donors (Lipinski definition) is 1. The summed E-state index contributed by atoms with van der Waals surface area (Å²) >= 11 is 4.87. The third-order valence-corrected chi connectivity index (χ3v) is 2.94. The summed E-state index contributed by atoms with van der Waals surface area (Å²) in [6, 6.07) is 0. The smallest absolute Gasteiger partial charge is 0.0988 e. The molecule has 1 unspecified atom stereocenters. The SMILES string of the molecule is C=CC(O)c1cscc1Br. The van der Waals surface area contributed by atoms with Crippen LogP contribution in [0, 0.1) is 0 Å². The summed E-state index contributed by atoms with van der Waals surface area (Å²) < 4.78 is 0.949. The molecular weight excluding hydrogens is 212 g/mol. The van der Waals surface area contributed by atoms with Gasteiger partial charge in [-0.2, -0.15) is 11.3 Å². The second-order valence-corrected chi connectivity index (χ2v) is 3.45. The quantitative estimate of drug-likeness (QED) is 0.758. The van der Waals surface area contributed by atoms with Crippen LogP contribution in [0.5, 0.6) is 0 Å². The summed E-state index contributed by atoms with van der Waals surface area (Å²) in [6.07, 6.45) is 0.966. The van der Waals surface area contributed by atoms with E-state index in [4.69, 9.17) is 0 Å². The van der Waals surface area contributed by atoms with Crippen molar-refractivity contribution in [2.75, 3.05) is 0 Å². The first kappa shape index (κ1) is 7.98. The van der Waals surface area contributed by atoms with Crippen LogP contribution in [0.15, 0.2) is 27.9 Å². The van der Waals surface area contributed by atoms with Gasteiger partial charge in [0.05, 0.1) is 6.10 Å². The lowest BCUT2D eigenvalue weighted by atomic mass is 10.2. The van der Waals surface area contributed by atoms with Crippen molar-refractivity contribution in [2.24, 2.45) is 0 Å². The Balaban J connectivity index is 2.92. The van der Waals surface area contributed by atoms with E-state index in [0.717, 1.165) is 10.0 Å². The van der Waals surface area contributed by atoms with Crippen molar-refractivity contribution in [3.63, 3.8) is 0 Å². The maximum absolute atomic E-state index is 9.26. The molecule has 0 radical (unpaired) electrons. The Labute approximate surface area is 72.1 Å². The standard InChI is InChI=1S/C7H7BrOS/c1-2-7(9)5-3-10-4-6(5)8/h2-4,7,9H,1H2. The molecule has 0 aromatic carbocycles. The molecule has 1 aromatic heterocycles. The van der Waals surface area contributed by atoms with Crippen molar-refractivity contribution in [2.45, 2.75) is 6.10 Å². The van der Waals surface area contributed by atoms with Gasteiger partial charge in [0.1, 0.15) is 0 Å². The molecule has 1 N–H and O–H groups in total. The van der Waals surface area contributed by atoms with E-state index in [0.29, 0.717) is 0 Å². The van der Waals surface area contributed by atoms with Crippen LogP contribution in [0.25, 0.3) is 0 Å². The first-order valence-electron chi connectivity index (χ1n) is 2.78. The second-order valence-electron chi connectivity index (χ2n) is 1.86. The molecule has 0 saturated carbocycles. The molecule has 0 saturated heterocycles. The van der Waals surface area contributed by atoms with E-state index in [-0.39, 0.29) is 0 Å². The van der Waals surface area contributed by atoms with Crippen molar-refractivity contribution in [3.8, 4) is 0 Å². The van der Waals surface area contributed by atoms with Crippen LogP contribution in [-0.4, -0.2) is 5.11 Å². The highest BCUT2D eigenvalue weighted by Crippen LogP contribution is 2.27. The highest BCUT2D eigenvalue weighted by molar-refractivity contribution is 9.10. The fourth-order valence-electron chi connectivity index (χ4n) is 0.629. The molecule has 0 bridgehead atoms. The van der Waals surface area contributed by atoms with Crippen LogP contribution < -0.4 is 0 Å². The second kappa shape index (κ2) is 3.32. The Morgan fingerprint density at radius 1 is 1.70 bits per heavy atom. The maximum Gasteiger partial charge on any atom is 0.0988 e. The molecule has 1 rings (SSSR count). The maximum atomic E-state index is 9.26. The van der Waals surface area contributed by atoms with Gasteiger partial charge < -0.3 is 5.11 Å². The summed E-state index contributed by atoms with van der Waals surface area (Å²) in [5.41, 5.74) is 0.889. The summed E-state index contributed by atoms with van der Waals surface area (Å²) in [6.45, 7) is 3.49. The average Bonchev–Trinajstić information content (AvgIpc) is 2.34. The third kappa shape index (κ3) is 1.48. The largest absolute Gasteiger partial charge is 0.384 e. The summed E-state index contributed by atoms with van der Waals surface area (Å²) in [4.78, 5) is 0. The molecule has 0 spiro atoms. The Morgan fingerprint density at radius 2 is 2.40 bits per heavy atom. The molecule has 0 aliphatic rings. The molecule has 1 atom stereocenters. The monoisotopic (exact) mass is 218 g/mol. The number of halogens is 1. The lowest BCUT2D eigenvalue weighted by molar-refractivity contribution is 0.229. The molecule has 0 fully saturated rings. The topological polar surface area (TPSA) is 20.2 Å². The molecule has 10 heavy (non-hydrogen) atoms. The highest BCUT2D eigenvalue weighted by Gasteiger charge is 2.06. The van der Waals surface area contributed by atoms with Gasteiger partial charge in [0, 0.05) is 15.4 Å². The van der Waals surface area contributed by atoms with Gasteiger partial charge in [-0.25, -0.2) is 0 Å². The molecule has 3 heteroatoms. The molecule has 1 aromatic rings. The zero-order chi connectivity index (χ0) is 7.56. The van der Waals surface area contributed by atoms with Gasteiger partial charge in [-0.3, -0.25) is 0 Å². The Kier molecular flexibility index (Phi) is 2.65. The Bertz CT molecular complexity index is 231. The van der Waals surface area contributed by atoms with Gasteiger partial charge in [-0.05, 0) is 21.3 Å². The minimum absolute atomic E-state index is 0.541. The number of thiophene rings is 1. The third-order valence-electron chi connectivity index (χ3n) is 1.18. The number of aliphatic hydroxyl groups excluding tert-OH is 1. The number of aliphatic hydroxyl groups is 1. The van der Waals surface area contributed by atoms with E-state index >= 15 is 0 Å². The van der Waals surface area contributed by atoms with E-state index in [9.17, 15) is 5.11 Å². The average molecular weight is 219 g/mol. The lowest BCUT2D eigenvalue weighted by Crippen LogP contribution is -1.89. The summed E-state index contributed by atoms with van der Waals surface area (Å²) in [7, 11) is 0. The molecule has 1 heterocycles. The van der Waals surface area contributed by atoms with E-state index in [1.54, 1.807) is 11.3 Å². The minimum Gasteiger partial charge on any atom is -0.384 e. The van der Waals surface area contributed by atoms with Crippen LogP contribution in [0.1, 0.15) is 11.7 Å². The van der Waals surface area contributed by atoms with Gasteiger partial charge in [-0.1, -0.05) is 6.08 Å². The Hall–Kier alpha value is -0.120. The Morgan fingerprint density at radius 3 is 2.80 bits per heavy atom. The van der Waals surface area contributed by atoms with Gasteiger partial charge in [0.2, 0.25) is 0 Å². The number of hydrogen-bond acceptors (Lipinski definition) is 2. The number of rotatable bonds is 2. The van der Waals surface area contributed by atoms with Crippen molar-refractivity contribution in [1.29, 1.82) is 0 Å². The molecule has 54 valence electrons. The van der Waals surface area contributed by atoms with Gasteiger partial charge in [-0.15, -0.1) is 6.58 Å². The van der Waals surface area contributed by atoms with E-state index < -0.39 is 6.10 Å². The van der Waals surface area contributed by atoms with Crippen LogP contribution in [0.2, 0.25) is 0 Å². The predicted molar refractivity (Wildman–Crippen MR) is 47.2 cm³/mol. The summed E-state index contributed by atoms with van der Waals surface area (Å²) in [5, 5.41) is 13.1. The molecule has 0 aliphatic carbocycles. The van der Waals surface area contributed by atoms with Gasteiger partial charge >= 0.3 is 0 Å². The van der Waals surface area contributed by atoms with Crippen LogP contribution in [0.3, 0.4) is 0 Å². The first-order chi connectivity index (χ1) is 4.75. The van der Waals surface area contributed by atoms with Crippen molar-refractivity contribution >= 4 is 27.3 Å². The van der Waals surface area contributed by atoms with E-state index in [1.165, 1.54) is 6.08 Å². The minimum atomic E-state index is -0.541.